The van der Waals surface area contributed by atoms with Gasteiger partial charge in [0.1, 0.15) is 0 Å². The molecule has 0 aliphatic rings. The van der Waals surface area contributed by atoms with Gasteiger partial charge in [-0.3, -0.25) is 0 Å². The fourth-order valence-corrected chi connectivity index (χ4v) is 2.18. The van der Waals surface area contributed by atoms with E-state index in [1.165, 1.54) is 0 Å². The number of fused-ring (bicyclic) bond motifs is 1. The van der Waals surface area contributed by atoms with Gasteiger partial charge in [0.05, 0.1) is 5.56 Å². The highest BCUT2D eigenvalue weighted by molar-refractivity contribution is 5.77. The zero-order valence-corrected chi connectivity index (χ0v) is 11.0. The van der Waals surface area contributed by atoms with E-state index in [9.17, 15) is 0 Å². The first-order valence-electron chi connectivity index (χ1n) is 6.51. The lowest BCUT2D eigenvalue weighted by atomic mass is 10.2. The quantitative estimate of drug-likeness (QED) is 0.490. The number of anilines is 1. The van der Waals surface area contributed by atoms with Gasteiger partial charge in [0.15, 0.2) is 12.1 Å². The molecule has 0 aliphatic heterocycles. The summed E-state index contributed by atoms with van der Waals surface area (Å²) in [5, 5.41) is 0. The zero-order valence-electron chi connectivity index (χ0n) is 11.0. The Morgan fingerprint density at radius 3 is 2.65 bits per heavy atom. The fraction of sp³-hybridized carbons (Fsp3) is 0.133. The Morgan fingerprint density at radius 1 is 1.10 bits per heavy atom. The summed E-state index contributed by atoms with van der Waals surface area (Å²) in [5.41, 5.74) is 15.0. The lowest BCUT2D eigenvalue weighted by molar-refractivity contribution is -0.862. The van der Waals surface area contributed by atoms with Gasteiger partial charge in [0, 0.05) is 18.3 Å². The molecule has 0 saturated carbocycles. The molecule has 0 aliphatic carbocycles. The van der Waals surface area contributed by atoms with E-state index < -0.39 is 0 Å². The van der Waals surface area contributed by atoms with Crippen molar-refractivity contribution in [2.45, 2.75) is 0 Å². The molecule has 0 amide bonds. The van der Waals surface area contributed by atoms with Crippen molar-refractivity contribution >= 4 is 16.7 Å². The number of rotatable bonds is 4. The van der Waals surface area contributed by atoms with Crippen LogP contribution in [-0.2, 0) is 0 Å². The number of imidazole rings is 1. The maximum absolute atomic E-state index is 5.86. The maximum Gasteiger partial charge on any atom is 0.327 e. The molecule has 5 heteroatoms. The van der Waals surface area contributed by atoms with Crippen LogP contribution in [0.3, 0.4) is 0 Å². The fourth-order valence-electron chi connectivity index (χ4n) is 2.18. The van der Waals surface area contributed by atoms with Crippen molar-refractivity contribution in [2.75, 3.05) is 18.9 Å². The average Bonchev–Trinajstić information content (AvgIpc) is 2.84. The minimum Gasteiger partial charge on any atom is -0.399 e. The van der Waals surface area contributed by atoms with Crippen LogP contribution in [0.5, 0.6) is 0 Å². The molecule has 0 unspecified atom stereocenters. The predicted molar refractivity (Wildman–Crippen MR) is 78.8 cm³/mol. The molecule has 0 radical (unpaired) electrons. The Labute approximate surface area is 116 Å². The summed E-state index contributed by atoms with van der Waals surface area (Å²) in [6.07, 6.45) is 0. The van der Waals surface area contributed by atoms with Gasteiger partial charge in [0.2, 0.25) is 5.52 Å². The smallest absolute Gasteiger partial charge is 0.327 e. The summed E-state index contributed by atoms with van der Waals surface area (Å²) in [6.45, 7) is 0.891. The lowest BCUT2D eigenvalue weighted by Gasteiger charge is -2.02. The Bertz CT molecular complexity index is 721. The number of nitrogens with two attached hydrogens (primary N) is 2. The first-order chi connectivity index (χ1) is 9.79. The second kappa shape index (κ2) is 5.22. The molecular weight excluding hydrogens is 252 g/mol. The third-order valence-electron chi connectivity index (χ3n) is 3.08. The number of hydrogen-bond donors (Lipinski definition) is 3. The Kier molecular flexibility index (Phi) is 3.26. The number of aromatic nitrogens is 2. The summed E-state index contributed by atoms with van der Waals surface area (Å²) in [5.74, 6) is 0.875. The summed E-state index contributed by atoms with van der Waals surface area (Å²) in [6, 6.07) is 15.7. The van der Waals surface area contributed by atoms with Crippen LogP contribution < -0.4 is 21.0 Å². The number of nitrogens with one attached hydrogen (secondary N) is 1. The van der Waals surface area contributed by atoms with Crippen LogP contribution in [0.2, 0.25) is 0 Å². The second-order valence-electron chi connectivity index (χ2n) is 4.53. The third kappa shape index (κ3) is 2.19. The van der Waals surface area contributed by atoms with Crippen LogP contribution >= 0.6 is 0 Å². The van der Waals surface area contributed by atoms with Gasteiger partial charge in [-0.15, -0.1) is 0 Å². The lowest BCUT2D eigenvalue weighted by Crippen LogP contribution is -2.45. The molecule has 1 aromatic heterocycles. The average molecular weight is 269 g/mol. The standard InChI is InChI=1S/C15H16N4O/c16-8-9-20-19-14-10-12(17)6-7-13(14)18-15(19)11-4-2-1-3-5-11/h1-7,10H,8-9,16-17H2/p+1. The first kappa shape index (κ1) is 12.5. The number of nitrogens with zero attached hydrogens (tertiary/aromatic N) is 1. The summed E-state index contributed by atoms with van der Waals surface area (Å²) in [4.78, 5) is 9.11. The largest absolute Gasteiger partial charge is 0.399 e. The van der Waals surface area contributed by atoms with Gasteiger partial charge in [0.25, 0.3) is 0 Å². The van der Waals surface area contributed by atoms with Gasteiger partial charge in [-0.05, 0) is 29.0 Å². The van der Waals surface area contributed by atoms with E-state index in [0.29, 0.717) is 18.8 Å². The Balaban J connectivity index is 2.19. The maximum atomic E-state index is 5.86. The molecule has 3 aromatic rings. The topological polar surface area (TPSA) is 80.9 Å². The minimum atomic E-state index is 0.437. The molecule has 102 valence electrons. The number of nitrogen functional groups attached to an aromatic ring is 1. The number of H-pyrrole nitrogens is 1. The van der Waals surface area contributed by atoms with Gasteiger partial charge >= 0.3 is 5.82 Å². The second-order valence-corrected chi connectivity index (χ2v) is 4.53. The molecule has 3 rings (SSSR count). The van der Waals surface area contributed by atoms with E-state index >= 15 is 0 Å². The highest BCUT2D eigenvalue weighted by atomic mass is 16.7. The number of aromatic amines is 1. The van der Waals surface area contributed by atoms with Crippen molar-refractivity contribution in [1.29, 1.82) is 0 Å². The van der Waals surface area contributed by atoms with Crippen LogP contribution in [0.1, 0.15) is 0 Å². The summed E-state index contributed by atoms with van der Waals surface area (Å²) >= 11 is 0. The Morgan fingerprint density at radius 2 is 1.90 bits per heavy atom. The van der Waals surface area contributed by atoms with Crippen LogP contribution in [0.4, 0.5) is 5.69 Å². The first-order valence-corrected chi connectivity index (χ1v) is 6.51. The van der Waals surface area contributed by atoms with E-state index in [1.54, 1.807) is 4.73 Å². The van der Waals surface area contributed by atoms with Crippen molar-refractivity contribution in [3.63, 3.8) is 0 Å². The monoisotopic (exact) mass is 269 g/mol. The predicted octanol–water partition coefficient (Wildman–Crippen LogP) is 1.09. The molecule has 2 aromatic carbocycles. The Hall–Kier alpha value is -2.53. The third-order valence-corrected chi connectivity index (χ3v) is 3.08. The van der Waals surface area contributed by atoms with Gasteiger partial charge in [-0.2, -0.15) is 0 Å². The van der Waals surface area contributed by atoms with E-state index in [2.05, 4.69) is 4.98 Å². The van der Waals surface area contributed by atoms with Crippen molar-refractivity contribution < 1.29 is 9.57 Å². The molecule has 0 spiro atoms. The van der Waals surface area contributed by atoms with Crippen molar-refractivity contribution in [1.82, 2.24) is 4.98 Å². The molecule has 1 heterocycles. The number of hydrogen-bond acceptors (Lipinski definition) is 3. The van der Waals surface area contributed by atoms with Crippen LogP contribution in [-0.4, -0.2) is 18.1 Å². The molecule has 20 heavy (non-hydrogen) atoms. The molecule has 0 fully saturated rings. The van der Waals surface area contributed by atoms with Crippen molar-refractivity contribution in [2.24, 2.45) is 5.73 Å². The molecule has 5 N–H and O–H groups in total. The zero-order chi connectivity index (χ0) is 13.9. The molecule has 0 atom stereocenters. The van der Waals surface area contributed by atoms with Crippen LogP contribution in [0.25, 0.3) is 22.4 Å². The van der Waals surface area contributed by atoms with Gasteiger partial charge in [-0.25, -0.2) is 4.98 Å². The number of benzene rings is 2. The van der Waals surface area contributed by atoms with Crippen molar-refractivity contribution in [3.8, 4) is 11.4 Å². The highest BCUT2D eigenvalue weighted by Gasteiger charge is 2.21. The van der Waals surface area contributed by atoms with Crippen LogP contribution in [0, 0.1) is 0 Å². The summed E-state index contributed by atoms with van der Waals surface area (Å²) < 4.78 is 1.76. The van der Waals surface area contributed by atoms with Gasteiger partial charge < -0.3 is 16.3 Å². The van der Waals surface area contributed by atoms with Crippen molar-refractivity contribution in [3.05, 3.63) is 48.5 Å². The SMILES string of the molecule is NCCO[n+]1c(-c2ccccc2)[nH]c2ccc(N)cc21. The van der Waals surface area contributed by atoms with Gasteiger partial charge in [-0.1, -0.05) is 18.2 Å². The van der Waals surface area contributed by atoms with E-state index in [0.717, 1.165) is 22.4 Å². The summed E-state index contributed by atoms with van der Waals surface area (Å²) in [7, 11) is 0. The van der Waals surface area contributed by atoms with Crippen LogP contribution in [0.15, 0.2) is 48.5 Å². The normalized spacial score (nSPS) is 10.8. The molecule has 0 saturated heterocycles. The minimum absolute atomic E-state index is 0.437. The molecular formula is C15H17N4O+. The molecule has 5 nitrogen and oxygen atoms in total. The highest BCUT2D eigenvalue weighted by Crippen LogP contribution is 2.19. The van der Waals surface area contributed by atoms with E-state index in [-0.39, 0.29) is 0 Å². The van der Waals surface area contributed by atoms with E-state index in [1.807, 2.05) is 48.5 Å². The molecule has 0 bridgehead atoms. The van der Waals surface area contributed by atoms with E-state index in [4.69, 9.17) is 16.3 Å².